The molecule has 0 bridgehead atoms. The molecule has 11 heteroatoms. The van der Waals surface area contributed by atoms with Gasteiger partial charge in [0.05, 0.1) is 46.9 Å². The molecular formula is C20H27N7O4. The molecule has 0 spiro atoms. The summed E-state index contributed by atoms with van der Waals surface area (Å²) in [4.78, 5) is 18.0. The SMILES string of the molecule is COc1cc(C=NNc2nc(N3CCOCC3)nc(N3CCOCC3)n2)cc(OC)c1. The zero-order valence-electron chi connectivity index (χ0n) is 17.8. The van der Waals surface area contributed by atoms with Crippen LogP contribution in [-0.4, -0.2) is 88.0 Å². The van der Waals surface area contributed by atoms with Crippen molar-refractivity contribution >= 4 is 24.1 Å². The molecule has 2 saturated heterocycles. The lowest BCUT2D eigenvalue weighted by Crippen LogP contribution is -2.40. The lowest BCUT2D eigenvalue weighted by molar-refractivity contribution is 0.121. The van der Waals surface area contributed by atoms with Crippen molar-refractivity contribution in [1.82, 2.24) is 15.0 Å². The first-order chi connectivity index (χ1) is 15.2. The fourth-order valence-corrected chi connectivity index (χ4v) is 3.28. The summed E-state index contributed by atoms with van der Waals surface area (Å²) in [6.45, 7) is 5.54. The third kappa shape index (κ3) is 5.50. The van der Waals surface area contributed by atoms with Gasteiger partial charge in [0, 0.05) is 37.8 Å². The Bertz CT molecular complexity index is 841. The van der Waals surface area contributed by atoms with Crippen molar-refractivity contribution in [3.8, 4) is 11.5 Å². The number of benzene rings is 1. The van der Waals surface area contributed by atoms with Gasteiger partial charge in [0.15, 0.2) is 0 Å². The van der Waals surface area contributed by atoms with E-state index in [9.17, 15) is 0 Å². The van der Waals surface area contributed by atoms with Crippen LogP contribution in [-0.2, 0) is 9.47 Å². The van der Waals surface area contributed by atoms with Gasteiger partial charge in [0.2, 0.25) is 17.8 Å². The first-order valence-corrected chi connectivity index (χ1v) is 10.2. The van der Waals surface area contributed by atoms with Crippen molar-refractivity contribution in [3.05, 3.63) is 23.8 Å². The normalized spacial score (nSPS) is 17.1. The molecule has 166 valence electrons. The minimum Gasteiger partial charge on any atom is -0.497 e. The molecular weight excluding hydrogens is 402 g/mol. The highest BCUT2D eigenvalue weighted by Gasteiger charge is 2.20. The Morgan fingerprint density at radius 2 is 1.35 bits per heavy atom. The second kappa shape index (κ2) is 10.2. The quantitative estimate of drug-likeness (QED) is 0.506. The van der Waals surface area contributed by atoms with Gasteiger partial charge in [-0.15, -0.1) is 0 Å². The van der Waals surface area contributed by atoms with Crippen LogP contribution in [0.1, 0.15) is 5.56 Å². The van der Waals surface area contributed by atoms with E-state index in [0.717, 1.165) is 31.7 Å². The number of morpholine rings is 2. The fraction of sp³-hybridized carbons (Fsp3) is 0.500. The van der Waals surface area contributed by atoms with Gasteiger partial charge < -0.3 is 28.7 Å². The van der Waals surface area contributed by atoms with E-state index in [2.05, 4.69) is 35.3 Å². The highest BCUT2D eigenvalue weighted by Crippen LogP contribution is 2.22. The molecule has 2 aromatic rings. The topological polar surface area (TPSA) is 106 Å². The van der Waals surface area contributed by atoms with E-state index >= 15 is 0 Å². The number of hydrazone groups is 1. The summed E-state index contributed by atoms with van der Waals surface area (Å²) in [7, 11) is 3.22. The van der Waals surface area contributed by atoms with Gasteiger partial charge in [-0.2, -0.15) is 20.1 Å². The molecule has 4 rings (SSSR count). The average Bonchev–Trinajstić information content (AvgIpc) is 2.84. The molecule has 2 aliphatic rings. The van der Waals surface area contributed by atoms with E-state index < -0.39 is 0 Å². The van der Waals surface area contributed by atoms with Crippen molar-refractivity contribution < 1.29 is 18.9 Å². The minimum atomic E-state index is 0.379. The van der Waals surface area contributed by atoms with Crippen LogP contribution in [0.4, 0.5) is 17.8 Å². The molecule has 31 heavy (non-hydrogen) atoms. The van der Waals surface area contributed by atoms with Crippen LogP contribution in [0.25, 0.3) is 0 Å². The highest BCUT2D eigenvalue weighted by molar-refractivity contribution is 5.81. The van der Waals surface area contributed by atoms with Gasteiger partial charge >= 0.3 is 0 Å². The second-order valence-corrected chi connectivity index (χ2v) is 6.97. The molecule has 2 aliphatic heterocycles. The lowest BCUT2D eigenvalue weighted by Gasteiger charge is -2.30. The molecule has 0 amide bonds. The fourth-order valence-electron chi connectivity index (χ4n) is 3.28. The number of nitrogens with zero attached hydrogens (tertiary/aromatic N) is 6. The maximum Gasteiger partial charge on any atom is 0.250 e. The van der Waals surface area contributed by atoms with E-state index in [0.29, 0.717) is 55.8 Å². The third-order valence-electron chi connectivity index (χ3n) is 4.95. The Morgan fingerprint density at radius 1 is 0.839 bits per heavy atom. The van der Waals surface area contributed by atoms with Crippen LogP contribution in [0.2, 0.25) is 0 Å². The Hall–Kier alpha value is -3.18. The number of ether oxygens (including phenoxy) is 4. The monoisotopic (exact) mass is 429 g/mol. The number of rotatable bonds is 7. The van der Waals surface area contributed by atoms with Crippen LogP contribution in [0, 0.1) is 0 Å². The van der Waals surface area contributed by atoms with Crippen LogP contribution < -0.4 is 24.7 Å². The summed E-state index contributed by atoms with van der Waals surface area (Å²) < 4.78 is 21.5. The molecule has 0 aliphatic carbocycles. The molecule has 2 fully saturated rings. The summed E-state index contributed by atoms with van der Waals surface area (Å²) in [6, 6.07) is 5.53. The predicted octanol–water partition coefficient (Wildman–Crippen LogP) is 1.01. The van der Waals surface area contributed by atoms with Gasteiger partial charge in [0.1, 0.15) is 11.5 Å². The van der Waals surface area contributed by atoms with Gasteiger partial charge in [-0.1, -0.05) is 0 Å². The summed E-state index contributed by atoms with van der Waals surface area (Å²) >= 11 is 0. The number of hydrogen-bond acceptors (Lipinski definition) is 11. The summed E-state index contributed by atoms with van der Waals surface area (Å²) in [5.74, 6) is 2.97. The number of anilines is 3. The second-order valence-electron chi connectivity index (χ2n) is 6.97. The maximum absolute atomic E-state index is 5.45. The molecule has 1 N–H and O–H groups in total. The molecule has 0 radical (unpaired) electrons. The minimum absolute atomic E-state index is 0.379. The lowest BCUT2D eigenvalue weighted by atomic mass is 10.2. The number of hydrogen-bond donors (Lipinski definition) is 1. The molecule has 1 aromatic carbocycles. The first kappa shape index (κ1) is 21.1. The van der Waals surface area contributed by atoms with E-state index in [1.807, 2.05) is 12.1 Å². The van der Waals surface area contributed by atoms with Gasteiger partial charge in [-0.05, 0) is 12.1 Å². The first-order valence-electron chi connectivity index (χ1n) is 10.2. The highest BCUT2D eigenvalue weighted by atomic mass is 16.5. The van der Waals surface area contributed by atoms with E-state index in [4.69, 9.17) is 18.9 Å². The van der Waals surface area contributed by atoms with Crippen molar-refractivity contribution in [2.24, 2.45) is 5.10 Å². The molecule has 0 unspecified atom stereocenters. The number of aromatic nitrogens is 3. The zero-order chi connectivity index (χ0) is 21.5. The Balaban J connectivity index is 1.55. The molecule has 0 atom stereocenters. The number of methoxy groups -OCH3 is 2. The van der Waals surface area contributed by atoms with Crippen molar-refractivity contribution in [3.63, 3.8) is 0 Å². The van der Waals surface area contributed by atoms with E-state index in [-0.39, 0.29) is 0 Å². The maximum atomic E-state index is 5.45. The Kier molecular flexibility index (Phi) is 6.95. The smallest absolute Gasteiger partial charge is 0.250 e. The largest absolute Gasteiger partial charge is 0.497 e. The Morgan fingerprint density at radius 3 is 1.84 bits per heavy atom. The third-order valence-corrected chi connectivity index (χ3v) is 4.95. The summed E-state index contributed by atoms with van der Waals surface area (Å²) in [6.07, 6.45) is 1.66. The molecule has 0 saturated carbocycles. The van der Waals surface area contributed by atoms with Crippen LogP contribution >= 0.6 is 0 Å². The Labute approximate surface area is 181 Å². The number of nitrogens with one attached hydrogen (secondary N) is 1. The van der Waals surface area contributed by atoms with Crippen LogP contribution in [0.5, 0.6) is 11.5 Å². The predicted molar refractivity (Wildman–Crippen MR) is 117 cm³/mol. The standard InChI is InChI=1S/C20H27N7O4/c1-28-16-11-15(12-17(13-16)29-2)14-21-25-18-22-19(26-3-7-30-8-4-26)24-20(23-18)27-5-9-31-10-6-27/h11-14H,3-10H2,1-2H3,(H,22,23,24,25). The molecule has 3 heterocycles. The van der Waals surface area contributed by atoms with E-state index in [1.54, 1.807) is 26.5 Å². The van der Waals surface area contributed by atoms with Gasteiger partial charge in [0.25, 0.3) is 0 Å². The van der Waals surface area contributed by atoms with Gasteiger partial charge in [-0.3, -0.25) is 0 Å². The van der Waals surface area contributed by atoms with Crippen molar-refractivity contribution in [2.75, 3.05) is 82.1 Å². The van der Waals surface area contributed by atoms with E-state index in [1.165, 1.54) is 0 Å². The summed E-state index contributed by atoms with van der Waals surface area (Å²) in [5.41, 5.74) is 3.76. The average molecular weight is 429 g/mol. The van der Waals surface area contributed by atoms with Crippen molar-refractivity contribution in [1.29, 1.82) is 0 Å². The zero-order valence-corrected chi connectivity index (χ0v) is 17.8. The molecule has 1 aromatic heterocycles. The summed E-state index contributed by atoms with van der Waals surface area (Å²) in [5, 5.41) is 4.31. The van der Waals surface area contributed by atoms with Crippen LogP contribution in [0.3, 0.4) is 0 Å². The van der Waals surface area contributed by atoms with Crippen LogP contribution in [0.15, 0.2) is 23.3 Å². The van der Waals surface area contributed by atoms with Crippen molar-refractivity contribution in [2.45, 2.75) is 0 Å². The molecule has 11 nitrogen and oxygen atoms in total. The van der Waals surface area contributed by atoms with Gasteiger partial charge in [-0.25, -0.2) is 5.43 Å².